The summed E-state index contributed by atoms with van der Waals surface area (Å²) < 4.78 is 4.93. The molecule has 1 amide bonds. The molecule has 0 saturated carbocycles. The van der Waals surface area contributed by atoms with Gasteiger partial charge < -0.3 is 9.64 Å². The van der Waals surface area contributed by atoms with Crippen LogP contribution in [0.5, 0.6) is 0 Å². The maximum Gasteiger partial charge on any atom is 0.340 e. The van der Waals surface area contributed by atoms with E-state index in [0.717, 1.165) is 24.8 Å². The molecular weight excluding hydrogens is 362 g/mol. The molecule has 0 aromatic heterocycles. The van der Waals surface area contributed by atoms with Crippen molar-refractivity contribution >= 4 is 29.6 Å². The number of methoxy groups -OCH3 is 1. The Balaban J connectivity index is 1.90. The molecule has 0 bridgehead atoms. The number of amides is 1. The molecule has 1 aliphatic heterocycles. The van der Waals surface area contributed by atoms with E-state index in [4.69, 9.17) is 16.3 Å². The number of carbonyl (C=O) groups is 2. The van der Waals surface area contributed by atoms with E-state index >= 15 is 0 Å². The maximum absolute atomic E-state index is 13.1. The summed E-state index contributed by atoms with van der Waals surface area (Å²) >= 11 is 6.05. The van der Waals surface area contributed by atoms with E-state index in [9.17, 15) is 9.59 Å². The summed E-state index contributed by atoms with van der Waals surface area (Å²) in [5, 5.41) is 0.580. The predicted molar refractivity (Wildman–Crippen MR) is 107 cm³/mol. The van der Waals surface area contributed by atoms with Crippen molar-refractivity contribution in [2.24, 2.45) is 0 Å². The third-order valence-electron chi connectivity index (χ3n) is 5.10. The van der Waals surface area contributed by atoms with Gasteiger partial charge >= 0.3 is 5.97 Å². The Morgan fingerprint density at radius 2 is 2.15 bits per heavy atom. The van der Waals surface area contributed by atoms with Gasteiger partial charge in [-0.2, -0.15) is 0 Å². The number of hydrogen-bond donors (Lipinski definition) is 0. The van der Waals surface area contributed by atoms with Crippen molar-refractivity contribution in [1.29, 1.82) is 0 Å². The van der Waals surface area contributed by atoms with E-state index < -0.39 is 5.97 Å². The van der Waals surface area contributed by atoms with Crippen molar-refractivity contribution in [3.05, 3.63) is 63.3 Å². The number of rotatable bonds is 5. The summed E-state index contributed by atoms with van der Waals surface area (Å²) in [6.45, 7) is 2.38. The summed E-state index contributed by atoms with van der Waals surface area (Å²) in [5.41, 5.74) is 3.52. The van der Waals surface area contributed by atoms with Crippen molar-refractivity contribution in [2.75, 3.05) is 13.7 Å². The van der Waals surface area contributed by atoms with Gasteiger partial charge in [0.25, 0.3) is 5.91 Å². The highest BCUT2D eigenvalue weighted by molar-refractivity contribution is 6.30. The number of benzene rings is 1. The molecule has 0 fully saturated rings. The monoisotopic (exact) mass is 385 g/mol. The van der Waals surface area contributed by atoms with Crippen molar-refractivity contribution in [3.63, 3.8) is 0 Å². The Bertz CT molecular complexity index is 851. The smallest absolute Gasteiger partial charge is 0.340 e. The fourth-order valence-corrected chi connectivity index (χ4v) is 3.85. The van der Waals surface area contributed by atoms with E-state index in [1.54, 1.807) is 30.0 Å². The number of carbonyl (C=O) groups excluding carboxylic acids is 2. The molecule has 0 spiro atoms. The molecule has 5 heteroatoms. The van der Waals surface area contributed by atoms with Gasteiger partial charge in [-0.15, -0.1) is 0 Å². The summed E-state index contributed by atoms with van der Waals surface area (Å²) in [6.07, 6.45) is 9.50. The molecule has 4 nitrogen and oxygen atoms in total. The third kappa shape index (κ3) is 4.33. The molecule has 1 aromatic carbocycles. The fourth-order valence-electron chi connectivity index (χ4n) is 3.65. The Kier molecular flexibility index (Phi) is 6.17. The number of ether oxygens (including phenoxy) is 1. The van der Waals surface area contributed by atoms with Gasteiger partial charge in [0.1, 0.15) is 0 Å². The van der Waals surface area contributed by atoms with E-state index in [-0.39, 0.29) is 5.91 Å². The molecule has 2 aliphatic rings. The van der Waals surface area contributed by atoms with E-state index in [1.807, 2.05) is 12.1 Å². The van der Waals surface area contributed by atoms with Gasteiger partial charge in [0.05, 0.1) is 18.3 Å². The molecule has 0 atom stereocenters. The first-order chi connectivity index (χ1) is 13.0. The zero-order valence-electron chi connectivity index (χ0n) is 15.8. The second kappa shape index (κ2) is 8.57. The minimum Gasteiger partial charge on any atom is -0.465 e. The number of hydrogen-bond acceptors (Lipinski definition) is 3. The van der Waals surface area contributed by atoms with Crippen LogP contribution in [0.25, 0.3) is 6.08 Å². The maximum atomic E-state index is 13.1. The minimum atomic E-state index is -0.492. The normalized spacial score (nSPS) is 18.9. The second-order valence-electron chi connectivity index (χ2n) is 6.88. The lowest BCUT2D eigenvalue weighted by molar-refractivity contribution is -0.136. The molecule has 0 unspecified atom stereocenters. The first-order valence-electron chi connectivity index (χ1n) is 9.28. The van der Waals surface area contributed by atoms with E-state index in [2.05, 4.69) is 6.08 Å². The van der Waals surface area contributed by atoms with Gasteiger partial charge in [-0.25, -0.2) is 4.79 Å². The molecule has 0 saturated heterocycles. The van der Waals surface area contributed by atoms with Crippen LogP contribution in [0, 0.1) is 0 Å². The average molecular weight is 386 g/mol. The van der Waals surface area contributed by atoms with Crippen LogP contribution in [0.4, 0.5) is 0 Å². The molecule has 0 N–H and O–H groups in total. The summed E-state index contributed by atoms with van der Waals surface area (Å²) in [6, 6.07) is 7.20. The summed E-state index contributed by atoms with van der Waals surface area (Å²) in [7, 11) is 1.33. The summed E-state index contributed by atoms with van der Waals surface area (Å²) in [4.78, 5) is 27.1. The largest absolute Gasteiger partial charge is 0.465 e. The van der Waals surface area contributed by atoms with Crippen LogP contribution in [-0.2, 0) is 14.3 Å². The highest BCUT2D eigenvalue weighted by atomic mass is 35.5. The lowest BCUT2D eigenvalue weighted by atomic mass is 9.97. The molecule has 1 heterocycles. The van der Waals surface area contributed by atoms with Crippen molar-refractivity contribution in [1.82, 2.24) is 4.90 Å². The van der Waals surface area contributed by atoms with Gasteiger partial charge in [-0.1, -0.05) is 35.4 Å². The highest BCUT2D eigenvalue weighted by Crippen LogP contribution is 2.33. The van der Waals surface area contributed by atoms with Crippen LogP contribution in [0.1, 0.15) is 44.6 Å². The first-order valence-corrected chi connectivity index (χ1v) is 9.65. The predicted octanol–water partition coefficient (Wildman–Crippen LogP) is 4.90. The molecular formula is C22H24ClNO3. The quantitative estimate of drug-likeness (QED) is 0.411. The SMILES string of the molecule is COC(=O)C1=C(C)N(CCC2=CCCCC2)C(=O)/C1=C\c1cccc(Cl)c1. The molecule has 1 aromatic rings. The van der Waals surface area contributed by atoms with Crippen LogP contribution < -0.4 is 0 Å². The standard InChI is InChI=1S/C22H24ClNO3/c1-15-20(22(26)27-2)19(14-17-9-6-10-18(23)13-17)21(25)24(15)12-11-16-7-4-3-5-8-16/h6-7,9-10,13-14H,3-5,8,11-12H2,1-2H3/b19-14-. The molecule has 3 rings (SSSR count). The second-order valence-corrected chi connectivity index (χ2v) is 7.32. The Labute approximate surface area is 165 Å². The van der Waals surface area contributed by atoms with Crippen LogP contribution in [-0.4, -0.2) is 30.4 Å². The van der Waals surface area contributed by atoms with Crippen molar-refractivity contribution < 1.29 is 14.3 Å². The van der Waals surface area contributed by atoms with E-state index in [1.165, 1.54) is 25.5 Å². The molecule has 27 heavy (non-hydrogen) atoms. The average Bonchev–Trinajstić information content (AvgIpc) is 2.90. The topological polar surface area (TPSA) is 46.6 Å². The van der Waals surface area contributed by atoms with Gasteiger partial charge in [0.2, 0.25) is 0 Å². The zero-order chi connectivity index (χ0) is 19.4. The zero-order valence-corrected chi connectivity index (χ0v) is 16.5. The Morgan fingerprint density at radius 1 is 1.33 bits per heavy atom. The number of allylic oxidation sites excluding steroid dienone is 2. The highest BCUT2D eigenvalue weighted by Gasteiger charge is 2.36. The minimum absolute atomic E-state index is 0.163. The van der Waals surface area contributed by atoms with Gasteiger partial charge in [0.15, 0.2) is 0 Å². The van der Waals surface area contributed by atoms with Crippen molar-refractivity contribution in [2.45, 2.75) is 39.0 Å². The van der Waals surface area contributed by atoms with Gasteiger partial charge in [-0.05, 0) is 62.8 Å². The fraction of sp³-hybridized carbons (Fsp3) is 0.364. The van der Waals surface area contributed by atoms with Gasteiger partial charge in [-0.3, -0.25) is 4.79 Å². The Morgan fingerprint density at radius 3 is 2.81 bits per heavy atom. The molecule has 142 valence electrons. The lowest BCUT2D eigenvalue weighted by Crippen LogP contribution is -2.26. The van der Waals surface area contributed by atoms with Crippen LogP contribution >= 0.6 is 11.6 Å². The van der Waals surface area contributed by atoms with E-state index in [0.29, 0.717) is 28.4 Å². The van der Waals surface area contributed by atoms with Crippen LogP contribution in [0.3, 0.4) is 0 Å². The number of nitrogens with zero attached hydrogens (tertiary/aromatic N) is 1. The molecule has 0 radical (unpaired) electrons. The third-order valence-corrected chi connectivity index (χ3v) is 5.34. The summed E-state index contributed by atoms with van der Waals surface area (Å²) in [5.74, 6) is -0.655. The Hall–Kier alpha value is -2.33. The molecule has 1 aliphatic carbocycles. The van der Waals surface area contributed by atoms with Crippen LogP contribution in [0.2, 0.25) is 5.02 Å². The number of halogens is 1. The van der Waals surface area contributed by atoms with Gasteiger partial charge in [0, 0.05) is 17.3 Å². The van der Waals surface area contributed by atoms with Crippen LogP contribution in [0.15, 0.2) is 52.8 Å². The lowest BCUT2D eigenvalue weighted by Gasteiger charge is -2.20. The van der Waals surface area contributed by atoms with Crippen molar-refractivity contribution in [3.8, 4) is 0 Å². The number of esters is 1. The first kappa shape index (κ1) is 19.4.